The molecule has 0 bridgehead atoms. The van der Waals surface area contributed by atoms with Gasteiger partial charge in [0.25, 0.3) is 5.88 Å². The van der Waals surface area contributed by atoms with Crippen molar-refractivity contribution < 1.29 is 31.8 Å². The highest BCUT2D eigenvalue weighted by Gasteiger charge is 2.27. The zero-order valence-electron chi connectivity index (χ0n) is 15.4. The lowest BCUT2D eigenvalue weighted by atomic mass is 10.2. The van der Waals surface area contributed by atoms with Crippen molar-refractivity contribution >= 4 is 11.7 Å². The summed E-state index contributed by atoms with van der Waals surface area (Å²) in [5, 5.41) is 8.89. The predicted octanol–water partition coefficient (Wildman–Crippen LogP) is 4.58. The highest BCUT2D eigenvalue weighted by molar-refractivity contribution is 5.89. The van der Waals surface area contributed by atoms with Gasteiger partial charge >= 0.3 is 12.3 Å². The first-order valence-corrected chi connectivity index (χ1v) is 8.56. The SMILES string of the molecule is CCOC(=O)c1nnc(-c2cccc(F)c2)nc1Oc1cccc(NC(F)(F)F)c1. The van der Waals surface area contributed by atoms with Crippen LogP contribution in [0.15, 0.2) is 48.5 Å². The van der Waals surface area contributed by atoms with Gasteiger partial charge in [-0.3, -0.25) is 5.32 Å². The van der Waals surface area contributed by atoms with E-state index in [1.165, 1.54) is 41.7 Å². The van der Waals surface area contributed by atoms with Gasteiger partial charge in [-0.1, -0.05) is 18.2 Å². The molecule has 1 heterocycles. The van der Waals surface area contributed by atoms with Crippen LogP contribution in [0.4, 0.5) is 23.2 Å². The third-order valence-corrected chi connectivity index (χ3v) is 3.54. The number of nitrogens with one attached hydrogen (secondary N) is 1. The number of nitrogens with zero attached hydrogens (tertiary/aromatic N) is 3. The second kappa shape index (κ2) is 8.72. The van der Waals surface area contributed by atoms with Gasteiger partial charge in [0.05, 0.1) is 6.61 Å². The summed E-state index contributed by atoms with van der Waals surface area (Å²) in [4.78, 5) is 16.2. The molecule has 11 heteroatoms. The van der Waals surface area contributed by atoms with E-state index in [0.717, 1.165) is 12.1 Å². The monoisotopic (exact) mass is 422 g/mol. The van der Waals surface area contributed by atoms with E-state index in [2.05, 4.69) is 15.2 Å². The lowest BCUT2D eigenvalue weighted by Gasteiger charge is -2.12. The molecule has 0 aliphatic rings. The fourth-order valence-corrected chi connectivity index (χ4v) is 2.37. The van der Waals surface area contributed by atoms with Crippen LogP contribution < -0.4 is 10.1 Å². The summed E-state index contributed by atoms with van der Waals surface area (Å²) >= 11 is 0. The molecule has 30 heavy (non-hydrogen) atoms. The quantitative estimate of drug-likeness (QED) is 0.354. The lowest BCUT2D eigenvalue weighted by molar-refractivity contribution is -0.0999. The van der Waals surface area contributed by atoms with Gasteiger partial charge < -0.3 is 9.47 Å². The van der Waals surface area contributed by atoms with Crippen LogP contribution in [0, 0.1) is 5.82 Å². The zero-order chi connectivity index (χ0) is 21.7. The third-order valence-electron chi connectivity index (χ3n) is 3.54. The molecule has 1 N–H and O–H groups in total. The Morgan fingerprint density at radius 1 is 1.10 bits per heavy atom. The molecule has 2 aromatic carbocycles. The highest BCUT2D eigenvalue weighted by Crippen LogP contribution is 2.29. The first-order valence-electron chi connectivity index (χ1n) is 8.56. The Morgan fingerprint density at radius 2 is 1.87 bits per heavy atom. The second-order valence-electron chi connectivity index (χ2n) is 5.77. The number of carbonyl (C=O) groups excluding carboxylic acids is 1. The topological polar surface area (TPSA) is 86.2 Å². The van der Waals surface area contributed by atoms with Crippen LogP contribution in [0.5, 0.6) is 11.6 Å². The first-order chi connectivity index (χ1) is 14.2. The Kier molecular flexibility index (Phi) is 6.09. The van der Waals surface area contributed by atoms with E-state index in [9.17, 15) is 22.4 Å². The van der Waals surface area contributed by atoms with Gasteiger partial charge in [0.2, 0.25) is 5.69 Å². The molecule has 0 spiro atoms. The Hall–Kier alpha value is -3.76. The van der Waals surface area contributed by atoms with E-state index < -0.39 is 18.1 Å². The number of halogens is 4. The molecule has 0 saturated heterocycles. The molecule has 0 fully saturated rings. The van der Waals surface area contributed by atoms with Gasteiger partial charge in [-0.15, -0.1) is 10.2 Å². The predicted molar refractivity (Wildman–Crippen MR) is 97.4 cm³/mol. The number of benzene rings is 2. The zero-order valence-corrected chi connectivity index (χ0v) is 15.4. The van der Waals surface area contributed by atoms with E-state index in [1.807, 2.05) is 0 Å². The minimum atomic E-state index is -4.64. The van der Waals surface area contributed by atoms with Crippen molar-refractivity contribution in [3.8, 4) is 23.0 Å². The van der Waals surface area contributed by atoms with Gasteiger partial charge in [-0.05, 0) is 31.2 Å². The number of rotatable bonds is 6. The molecule has 0 amide bonds. The van der Waals surface area contributed by atoms with E-state index in [1.54, 1.807) is 6.92 Å². The fraction of sp³-hybridized carbons (Fsp3) is 0.158. The van der Waals surface area contributed by atoms with Crippen molar-refractivity contribution in [3.63, 3.8) is 0 Å². The number of aromatic nitrogens is 3. The molecular weight excluding hydrogens is 408 g/mol. The Labute approximate surface area is 167 Å². The Morgan fingerprint density at radius 3 is 2.57 bits per heavy atom. The normalized spacial score (nSPS) is 11.1. The van der Waals surface area contributed by atoms with Gasteiger partial charge in [-0.2, -0.15) is 18.2 Å². The number of ether oxygens (including phenoxy) is 2. The number of alkyl halides is 3. The van der Waals surface area contributed by atoms with Crippen molar-refractivity contribution in [1.29, 1.82) is 0 Å². The number of hydrogen-bond donors (Lipinski definition) is 1. The molecule has 0 radical (unpaired) electrons. The van der Waals surface area contributed by atoms with Crippen LogP contribution >= 0.6 is 0 Å². The largest absolute Gasteiger partial charge is 0.482 e. The van der Waals surface area contributed by atoms with Crippen LogP contribution in [0.1, 0.15) is 17.4 Å². The van der Waals surface area contributed by atoms with Crippen molar-refractivity contribution in [2.75, 3.05) is 11.9 Å². The van der Waals surface area contributed by atoms with Crippen LogP contribution in [-0.4, -0.2) is 34.1 Å². The number of anilines is 1. The third kappa shape index (κ3) is 5.40. The average molecular weight is 422 g/mol. The van der Waals surface area contributed by atoms with Crippen LogP contribution in [0.3, 0.4) is 0 Å². The lowest BCUT2D eigenvalue weighted by Crippen LogP contribution is -2.20. The standard InChI is InChI=1S/C19H14F4N4O3/c1-2-29-18(28)15-17(24-16(27-26-15)11-5-3-6-12(20)9-11)30-14-8-4-7-13(10-14)25-19(21,22)23/h3-10,25H,2H2,1H3. The second-order valence-corrected chi connectivity index (χ2v) is 5.77. The minimum absolute atomic E-state index is 0.0383. The van der Waals surface area contributed by atoms with Gasteiger partial charge in [0.1, 0.15) is 11.6 Å². The fourth-order valence-electron chi connectivity index (χ4n) is 2.37. The van der Waals surface area contributed by atoms with Crippen molar-refractivity contribution in [1.82, 2.24) is 15.2 Å². The van der Waals surface area contributed by atoms with Gasteiger partial charge in [0.15, 0.2) is 5.82 Å². The molecule has 0 atom stereocenters. The molecule has 0 saturated carbocycles. The summed E-state index contributed by atoms with van der Waals surface area (Å²) in [5.41, 5.74) is -0.411. The van der Waals surface area contributed by atoms with E-state index >= 15 is 0 Å². The maximum absolute atomic E-state index is 13.5. The number of hydrogen-bond acceptors (Lipinski definition) is 7. The Bertz CT molecular complexity index is 1060. The number of carbonyl (C=O) groups is 1. The molecule has 1 aromatic heterocycles. The number of esters is 1. The molecule has 7 nitrogen and oxygen atoms in total. The summed E-state index contributed by atoms with van der Waals surface area (Å²) in [6, 6.07) is 10.2. The van der Waals surface area contributed by atoms with E-state index in [-0.39, 0.29) is 41.0 Å². The van der Waals surface area contributed by atoms with E-state index in [0.29, 0.717) is 0 Å². The van der Waals surface area contributed by atoms with Crippen LogP contribution in [0.25, 0.3) is 11.4 Å². The summed E-state index contributed by atoms with van der Waals surface area (Å²) in [5.74, 6) is -1.89. The summed E-state index contributed by atoms with van der Waals surface area (Å²) in [6.07, 6.45) is -4.64. The van der Waals surface area contributed by atoms with Crippen molar-refractivity contribution in [2.24, 2.45) is 0 Å². The maximum Gasteiger partial charge on any atom is 0.482 e. The van der Waals surface area contributed by atoms with Gasteiger partial charge in [-0.25, -0.2) is 9.18 Å². The molecule has 0 aliphatic carbocycles. The molecular formula is C19H14F4N4O3. The molecule has 3 aromatic rings. The van der Waals surface area contributed by atoms with Gasteiger partial charge in [0, 0.05) is 17.3 Å². The molecule has 156 valence electrons. The van der Waals surface area contributed by atoms with Crippen LogP contribution in [0.2, 0.25) is 0 Å². The molecule has 3 rings (SSSR count). The summed E-state index contributed by atoms with van der Waals surface area (Å²) in [7, 11) is 0. The van der Waals surface area contributed by atoms with Crippen molar-refractivity contribution in [3.05, 3.63) is 60.0 Å². The molecule has 0 unspecified atom stereocenters. The maximum atomic E-state index is 13.5. The first kappa shape index (κ1) is 21.0. The molecule has 0 aliphatic heterocycles. The van der Waals surface area contributed by atoms with E-state index in [4.69, 9.17) is 9.47 Å². The Balaban J connectivity index is 1.99. The summed E-state index contributed by atoms with van der Waals surface area (Å²) in [6.45, 7) is 1.61. The van der Waals surface area contributed by atoms with Crippen molar-refractivity contribution in [2.45, 2.75) is 13.2 Å². The highest BCUT2D eigenvalue weighted by atomic mass is 19.4. The smallest absolute Gasteiger partial charge is 0.461 e. The minimum Gasteiger partial charge on any atom is -0.461 e. The average Bonchev–Trinajstić information content (AvgIpc) is 2.67. The van der Waals surface area contributed by atoms with Crippen LogP contribution in [-0.2, 0) is 4.74 Å². The summed E-state index contributed by atoms with van der Waals surface area (Å²) < 4.78 is 61.6.